The van der Waals surface area contributed by atoms with Gasteiger partial charge in [0.1, 0.15) is 13.2 Å². The second-order valence-electron chi connectivity index (χ2n) is 7.05. The quantitative estimate of drug-likeness (QED) is 0.653. The first-order valence-corrected chi connectivity index (χ1v) is 11.2. The number of nitrogens with zero attached hydrogens (tertiary/aromatic N) is 1. The van der Waals surface area contributed by atoms with Gasteiger partial charge in [-0.1, -0.05) is 6.92 Å². The van der Waals surface area contributed by atoms with Crippen LogP contribution in [0, 0.1) is 0 Å². The van der Waals surface area contributed by atoms with Gasteiger partial charge in [0.05, 0.1) is 17.1 Å². The van der Waals surface area contributed by atoms with Gasteiger partial charge in [-0.2, -0.15) is 0 Å². The van der Waals surface area contributed by atoms with Crippen LogP contribution < -0.4 is 9.47 Å². The summed E-state index contributed by atoms with van der Waals surface area (Å²) < 4.78 is 39.7. The first-order chi connectivity index (χ1) is 13.3. The van der Waals surface area contributed by atoms with Crippen LogP contribution in [-0.2, 0) is 19.4 Å². The molecule has 0 aromatic heterocycles. The lowest BCUT2D eigenvalue weighted by Gasteiger charge is -2.33. The fourth-order valence-electron chi connectivity index (χ4n) is 3.46. The maximum absolute atomic E-state index is 12.7. The van der Waals surface area contributed by atoms with Gasteiger partial charge < -0.3 is 19.1 Å². The van der Waals surface area contributed by atoms with Gasteiger partial charge >= 0.3 is 5.97 Å². The molecule has 28 heavy (non-hydrogen) atoms. The molecule has 1 fully saturated rings. The van der Waals surface area contributed by atoms with Crippen molar-refractivity contribution < 1.29 is 32.2 Å². The van der Waals surface area contributed by atoms with Crippen LogP contribution in [0.1, 0.15) is 37.0 Å². The lowest BCUT2D eigenvalue weighted by atomic mass is 10.1. The zero-order valence-corrected chi connectivity index (χ0v) is 16.9. The number of hydrogen-bond acceptors (Lipinski definition) is 7. The summed E-state index contributed by atoms with van der Waals surface area (Å²) in [4.78, 5) is 26.6. The predicted octanol–water partition coefficient (Wildman–Crippen LogP) is 1.43. The lowest BCUT2D eigenvalue weighted by molar-refractivity contribution is -0.138. The molecule has 0 spiro atoms. The lowest BCUT2D eigenvalue weighted by Crippen LogP contribution is -2.48. The molecule has 0 N–H and O–H groups in total. The van der Waals surface area contributed by atoms with Crippen molar-refractivity contribution in [2.24, 2.45) is 0 Å². The first kappa shape index (κ1) is 20.4. The Bertz CT molecular complexity index is 852. The van der Waals surface area contributed by atoms with Crippen LogP contribution in [0.15, 0.2) is 18.2 Å². The second kappa shape index (κ2) is 8.38. The normalized spacial score (nSPS) is 21.0. The Morgan fingerprint density at radius 2 is 1.96 bits per heavy atom. The zero-order chi connectivity index (χ0) is 20.3. The predicted molar refractivity (Wildman–Crippen MR) is 101 cm³/mol. The molecule has 1 aromatic carbocycles. The highest BCUT2D eigenvalue weighted by Gasteiger charge is 2.36. The smallest absolute Gasteiger partial charge is 0.338 e. The van der Waals surface area contributed by atoms with E-state index in [9.17, 15) is 18.0 Å². The molecule has 1 aromatic rings. The Balaban J connectivity index is 1.64. The van der Waals surface area contributed by atoms with Crippen LogP contribution >= 0.6 is 0 Å². The molecule has 154 valence electrons. The van der Waals surface area contributed by atoms with E-state index in [1.165, 1.54) is 6.07 Å². The first-order valence-electron chi connectivity index (χ1n) is 9.39. The number of fused-ring (bicyclic) bond motifs is 1. The van der Waals surface area contributed by atoms with E-state index in [-0.39, 0.29) is 35.1 Å². The molecule has 0 radical (unpaired) electrons. The Morgan fingerprint density at radius 1 is 1.25 bits per heavy atom. The molecule has 0 unspecified atom stereocenters. The Morgan fingerprint density at radius 3 is 2.61 bits per heavy atom. The number of sulfone groups is 1. The standard InChI is InChI=1S/C19H25NO7S/c1-3-13(2)20(15-6-9-28(23,24)12-15)18(21)11-27-19(22)14-4-5-16-17(10-14)26-8-7-25-16/h4-5,10,13,15H,3,6-9,11-12H2,1-2H3/t13-,15-/m1/s1. The number of benzene rings is 1. The average molecular weight is 411 g/mol. The van der Waals surface area contributed by atoms with Crippen molar-refractivity contribution in [3.8, 4) is 11.5 Å². The number of carbonyl (C=O) groups is 2. The molecular weight excluding hydrogens is 386 g/mol. The van der Waals surface area contributed by atoms with Crippen molar-refractivity contribution >= 4 is 21.7 Å². The van der Waals surface area contributed by atoms with Crippen molar-refractivity contribution in [2.45, 2.75) is 38.8 Å². The summed E-state index contributed by atoms with van der Waals surface area (Å²) in [6, 6.07) is 4.19. The summed E-state index contributed by atoms with van der Waals surface area (Å²) in [6.07, 6.45) is 1.09. The summed E-state index contributed by atoms with van der Waals surface area (Å²) in [7, 11) is -3.13. The van der Waals surface area contributed by atoms with E-state index in [4.69, 9.17) is 14.2 Å². The SMILES string of the molecule is CC[C@@H](C)N(C(=O)COC(=O)c1ccc2c(c1)OCCO2)[C@@H]1CCS(=O)(=O)C1. The number of esters is 1. The fourth-order valence-corrected chi connectivity index (χ4v) is 5.17. The van der Waals surface area contributed by atoms with Crippen LogP contribution in [0.4, 0.5) is 0 Å². The summed E-state index contributed by atoms with van der Waals surface area (Å²) in [6.45, 7) is 4.21. The minimum atomic E-state index is -3.13. The average Bonchev–Trinajstić information content (AvgIpc) is 3.04. The van der Waals surface area contributed by atoms with E-state index in [1.807, 2.05) is 13.8 Å². The number of hydrogen-bond donors (Lipinski definition) is 0. The van der Waals surface area contributed by atoms with Gasteiger partial charge in [-0.3, -0.25) is 4.79 Å². The van der Waals surface area contributed by atoms with E-state index in [0.717, 1.165) is 0 Å². The number of ether oxygens (including phenoxy) is 3. The Hall–Kier alpha value is -2.29. The number of carbonyl (C=O) groups excluding carboxylic acids is 2. The van der Waals surface area contributed by atoms with E-state index in [1.54, 1.807) is 17.0 Å². The van der Waals surface area contributed by atoms with Crippen LogP contribution in [-0.4, -0.2) is 68.6 Å². The van der Waals surface area contributed by atoms with E-state index < -0.39 is 22.4 Å². The minimum absolute atomic E-state index is 0.0425. The summed E-state index contributed by atoms with van der Waals surface area (Å²) in [5.41, 5.74) is 0.260. The topological polar surface area (TPSA) is 99.2 Å². The highest BCUT2D eigenvalue weighted by atomic mass is 32.2. The van der Waals surface area contributed by atoms with Crippen LogP contribution in [0.3, 0.4) is 0 Å². The van der Waals surface area contributed by atoms with Gasteiger partial charge in [0.25, 0.3) is 5.91 Å². The van der Waals surface area contributed by atoms with Gasteiger partial charge in [0, 0.05) is 12.1 Å². The minimum Gasteiger partial charge on any atom is -0.486 e. The van der Waals surface area contributed by atoms with Crippen molar-refractivity contribution in [1.82, 2.24) is 4.90 Å². The molecule has 1 amide bonds. The van der Waals surface area contributed by atoms with E-state index in [2.05, 4.69) is 0 Å². The third-order valence-electron chi connectivity index (χ3n) is 5.06. The van der Waals surface area contributed by atoms with Gasteiger partial charge in [-0.05, 0) is 38.0 Å². The molecule has 1 saturated heterocycles. The number of rotatable bonds is 6. The maximum Gasteiger partial charge on any atom is 0.338 e. The Labute approximate surface area is 164 Å². The monoisotopic (exact) mass is 411 g/mol. The molecule has 0 saturated carbocycles. The van der Waals surface area contributed by atoms with Crippen molar-refractivity contribution in [3.63, 3.8) is 0 Å². The third-order valence-corrected chi connectivity index (χ3v) is 6.81. The molecule has 2 aliphatic heterocycles. The van der Waals surface area contributed by atoms with E-state index >= 15 is 0 Å². The second-order valence-corrected chi connectivity index (χ2v) is 9.28. The molecule has 0 aliphatic carbocycles. The van der Waals surface area contributed by atoms with Gasteiger partial charge in [-0.15, -0.1) is 0 Å². The van der Waals surface area contributed by atoms with Crippen molar-refractivity contribution in [3.05, 3.63) is 23.8 Å². The third kappa shape index (κ3) is 4.57. The van der Waals surface area contributed by atoms with Gasteiger partial charge in [0.15, 0.2) is 27.9 Å². The molecule has 2 atom stereocenters. The number of amides is 1. The molecule has 9 heteroatoms. The molecule has 0 bridgehead atoms. The summed E-state index contributed by atoms with van der Waals surface area (Å²) in [5.74, 6) is 0.0260. The summed E-state index contributed by atoms with van der Waals surface area (Å²) in [5, 5.41) is 0. The van der Waals surface area contributed by atoms with Crippen LogP contribution in [0.5, 0.6) is 11.5 Å². The summed E-state index contributed by atoms with van der Waals surface area (Å²) >= 11 is 0. The molecule has 8 nitrogen and oxygen atoms in total. The maximum atomic E-state index is 12.7. The van der Waals surface area contributed by atoms with Crippen LogP contribution in [0.2, 0.25) is 0 Å². The zero-order valence-electron chi connectivity index (χ0n) is 16.0. The largest absolute Gasteiger partial charge is 0.486 e. The Kier molecular flexibility index (Phi) is 6.12. The van der Waals surface area contributed by atoms with Crippen LogP contribution in [0.25, 0.3) is 0 Å². The molecular formula is C19H25NO7S. The highest BCUT2D eigenvalue weighted by molar-refractivity contribution is 7.91. The van der Waals surface area contributed by atoms with Gasteiger partial charge in [-0.25, -0.2) is 13.2 Å². The fraction of sp³-hybridized carbons (Fsp3) is 0.579. The van der Waals surface area contributed by atoms with E-state index in [0.29, 0.717) is 37.6 Å². The van der Waals surface area contributed by atoms with Gasteiger partial charge in [0.2, 0.25) is 0 Å². The highest BCUT2D eigenvalue weighted by Crippen LogP contribution is 2.31. The molecule has 2 aliphatic rings. The van der Waals surface area contributed by atoms with Crippen molar-refractivity contribution in [2.75, 3.05) is 31.3 Å². The molecule has 2 heterocycles. The molecule has 3 rings (SSSR count). The van der Waals surface area contributed by atoms with Crippen molar-refractivity contribution in [1.29, 1.82) is 0 Å².